The van der Waals surface area contributed by atoms with Crippen LogP contribution in [0.15, 0.2) is 39.8 Å². The minimum absolute atomic E-state index is 0.0304. The topological polar surface area (TPSA) is 60.7 Å². The van der Waals surface area contributed by atoms with Crippen LogP contribution in [0, 0.1) is 13.8 Å². The molecule has 0 unspecified atom stereocenters. The number of ether oxygens (including phenoxy) is 1. The number of nitrogens with zero attached hydrogens (tertiary/aromatic N) is 2. The van der Waals surface area contributed by atoms with Gasteiger partial charge in [0.1, 0.15) is 6.54 Å². The Bertz CT molecular complexity index is 1130. The van der Waals surface area contributed by atoms with Crippen molar-refractivity contribution < 1.29 is 14.3 Å². The molecule has 0 N–H and O–H groups in total. The molecular formula is C19H16BrClN2O3S. The molecule has 1 heterocycles. The second-order valence-electron chi connectivity index (χ2n) is 5.99. The number of esters is 1. The highest BCUT2D eigenvalue weighted by molar-refractivity contribution is 9.10. The van der Waals surface area contributed by atoms with Gasteiger partial charge in [0.05, 0.1) is 27.9 Å². The molecule has 0 aliphatic heterocycles. The van der Waals surface area contributed by atoms with Gasteiger partial charge in [0.2, 0.25) is 0 Å². The van der Waals surface area contributed by atoms with Gasteiger partial charge in [-0.25, -0.2) is 0 Å². The predicted octanol–water partition coefficient (Wildman–Crippen LogP) is 4.65. The van der Waals surface area contributed by atoms with Crippen LogP contribution in [0.3, 0.4) is 0 Å². The van der Waals surface area contributed by atoms with Crippen LogP contribution in [-0.4, -0.2) is 23.6 Å². The first-order valence-corrected chi connectivity index (χ1v) is 10.0. The van der Waals surface area contributed by atoms with Gasteiger partial charge in [0, 0.05) is 4.47 Å². The minimum atomic E-state index is -0.472. The van der Waals surface area contributed by atoms with Crippen LogP contribution in [0.1, 0.15) is 21.5 Å². The molecule has 27 heavy (non-hydrogen) atoms. The van der Waals surface area contributed by atoms with Gasteiger partial charge in [-0.3, -0.25) is 9.59 Å². The Morgan fingerprint density at radius 3 is 2.63 bits per heavy atom. The number of thiazole rings is 1. The highest BCUT2D eigenvalue weighted by atomic mass is 79.9. The number of benzene rings is 2. The van der Waals surface area contributed by atoms with E-state index in [1.165, 1.54) is 18.4 Å². The van der Waals surface area contributed by atoms with E-state index in [0.717, 1.165) is 25.8 Å². The summed E-state index contributed by atoms with van der Waals surface area (Å²) in [5.74, 6) is -0.887. The first-order valence-electron chi connectivity index (χ1n) is 8.01. The van der Waals surface area contributed by atoms with Gasteiger partial charge >= 0.3 is 5.97 Å². The molecule has 0 atom stereocenters. The lowest BCUT2D eigenvalue weighted by molar-refractivity contribution is -0.141. The molecule has 0 aliphatic carbocycles. The zero-order chi connectivity index (χ0) is 19.7. The monoisotopic (exact) mass is 466 g/mol. The van der Waals surface area contributed by atoms with E-state index in [1.54, 1.807) is 22.8 Å². The molecule has 3 aromatic rings. The summed E-state index contributed by atoms with van der Waals surface area (Å²) in [6.45, 7) is 3.98. The summed E-state index contributed by atoms with van der Waals surface area (Å²) in [4.78, 5) is 29.3. The van der Waals surface area contributed by atoms with Crippen molar-refractivity contribution in [1.82, 2.24) is 4.57 Å². The number of methoxy groups -OCH3 is 1. The van der Waals surface area contributed by atoms with Crippen LogP contribution in [0.2, 0.25) is 5.02 Å². The molecular weight excluding hydrogens is 452 g/mol. The molecule has 0 aliphatic rings. The summed E-state index contributed by atoms with van der Waals surface area (Å²) < 4.78 is 8.16. The molecule has 8 heteroatoms. The van der Waals surface area contributed by atoms with Crippen LogP contribution in [0.5, 0.6) is 0 Å². The van der Waals surface area contributed by atoms with Crippen LogP contribution >= 0.6 is 38.9 Å². The number of rotatable bonds is 3. The van der Waals surface area contributed by atoms with Gasteiger partial charge in [-0.15, -0.1) is 0 Å². The van der Waals surface area contributed by atoms with Crippen LogP contribution in [0.4, 0.5) is 0 Å². The Morgan fingerprint density at radius 2 is 1.93 bits per heavy atom. The fourth-order valence-electron chi connectivity index (χ4n) is 2.56. The maximum Gasteiger partial charge on any atom is 0.325 e. The molecule has 1 amide bonds. The fourth-order valence-corrected chi connectivity index (χ4v) is 4.23. The van der Waals surface area contributed by atoms with Crippen molar-refractivity contribution >= 4 is 61.0 Å². The Morgan fingerprint density at radius 1 is 1.22 bits per heavy atom. The number of aryl methyl sites for hydroxylation is 2. The van der Waals surface area contributed by atoms with Crippen LogP contribution in [-0.2, 0) is 16.1 Å². The summed E-state index contributed by atoms with van der Waals surface area (Å²) >= 11 is 10.8. The number of aromatic nitrogens is 1. The predicted molar refractivity (Wildman–Crippen MR) is 110 cm³/mol. The maximum absolute atomic E-state index is 12.7. The Hall–Kier alpha value is -1.96. The number of amides is 1. The lowest BCUT2D eigenvalue weighted by Gasteiger charge is -2.06. The van der Waals surface area contributed by atoms with Crippen molar-refractivity contribution in [3.63, 3.8) is 0 Å². The average Bonchev–Trinajstić information content (AvgIpc) is 2.93. The summed E-state index contributed by atoms with van der Waals surface area (Å²) in [7, 11) is 1.33. The average molecular weight is 468 g/mol. The molecule has 3 rings (SSSR count). The van der Waals surface area contributed by atoms with E-state index >= 15 is 0 Å². The Kier molecular flexibility index (Phi) is 5.83. The fraction of sp³-hybridized carbons (Fsp3) is 0.211. The number of halogens is 2. The number of carbonyl (C=O) groups excluding carboxylic acids is 2. The Labute approximate surface area is 173 Å². The SMILES string of the molecule is COC(=O)Cn1c(=NC(=O)c2cc(Br)ccc2Cl)sc2cc(C)c(C)cc21. The number of hydrogen-bond donors (Lipinski definition) is 0. The Balaban J connectivity index is 2.21. The minimum Gasteiger partial charge on any atom is -0.468 e. The van der Waals surface area contributed by atoms with Crippen molar-refractivity contribution in [2.24, 2.45) is 4.99 Å². The van der Waals surface area contributed by atoms with E-state index in [1.807, 2.05) is 26.0 Å². The summed E-state index contributed by atoms with van der Waals surface area (Å²) in [6.07, 6.45) is 0. The molecule has 2 aromatic carbocycles. The van der Waals surface area contributed by atoms with Crippen molar-refractivity contribution in [3.8, 4) is 0 Å². The molecule has 0 fully saturated rings. The van der Waals surface area contributed by atoms with Crippen molar-refractivity contribution in [1.29, 1.82) is 0 Å². The van der Waals surface area contributed by atoms with E-state index < -0.39 is 11.9 Å². The van der Waals surface area contributed by atoms with E-state index in [-0.39, 0.29) is 6.54 Å². The maximum atomic E-state index is 12.7. The molecule has 140 valence electrons. The standard InChI is InChI=1S/C19H16BrClN2O3S/c1-10-6-15-16(7-11(10)2)27-19(23(15)9-17(24)26-3)22-18(25)13-8-12(20)4-5-14(13)21/h4-8H,9H2,1-3H3. The molecule has 1 aromatic heterocycles. The summed E-state index contributed by atoms with van der Waals surface area (Å²) in [5.41, 5.74) is 3.34. The molecule has 5 nitrogen and oxygen atoms in total. The third-order valence-electron chi connectivity index (χ3n) is 4.17. The normalized spacial score (nSPS) is 11.8. The third-order valence-corrected chi connectivity index (χ3v) is 6.03. The van der Waals surface area contributed by atoms with E-state index in [0.29, 0.717) is 15.4 Å². The zero-order valence-corrected chi connectivity index (χ0v) is 18.0. The molecule has 0 saturated heterocycles. The van der Waals surface area contributed by atoms with E-state index in [4.69, 9.17) is 16.3 Å². The van der Waals surface area contributed by atoms with Gasteiger partial charge in [-0.05, 0) is 55.3 Å². The number of hydrogen-bond acceptors (Lipinski definition) is 4. The van der Waals surface area contributed by atoms with Crippen molar-refractivity contribution in [2.45, 2.75) is 20.4 Å². The van der Waals surface area contributed by atoms with Gasteiger partial charge in [-0.1, -0.05) is 38.9 Å². The quantitative estimate of drug-likeness (QED) is 0.527. The first kappa shape index (κ1) is 19.8. The number of fused-ring (bicyclic) bond motifs is 1. The lowest BCUT2D eigenvalue weighted by atomic mass is 10.1. The largest absolute Gasteiger partial charge is 0.468 e. The van der Waals surface area contributed by atoms with E-state index in [2.05, 4.69) is 20.9 Å². The van der Waals surface area contributed by atoms with Crippen LogP contribution in [0.25, 0.3) is 10.2 Å². The highest BCUT2D eigenvalue weighted by Gasteiger charge is 2.15. The van der Waals surface area contributed by atoms with Gasteiger partial charge in [-0.2, -0.15) is 4.99 Å². The van der Waals surface area contributed by atoms with E-state index in [9.17, 15) is 9.59 Å². The summed E-state index contributed by atoms with van der Waals surface area (Å²) in [6, 6.07) is 9.02. The molecule has 0 bridgehead atoms. The second-order valence-corrected chi connectivity index (χ2v) is 8.32. The smallest absolute Gasteiger partial charge is 0.325 e. The van der Waals surface area contributed by atoms with Crippen molar-refractivity contribution in [2.75, 3.05) is 7.11 Å². The van der Waals surface area contributed by atoms with Gasteiger partial charge in [0.25, 0.3) is 5.91 Å². The molecule has 0 radical (unpaired) electrons. The lowest BCUT2D eigenvalue weighted by Crippen LogP contribution is -2.22. The second kappa shape index (κ2) is 7.96. The first-order chi connectivity index (χ1) is 12.8. The third kappa shape index (κ3) is 4.15. The molecule has 0 saturated carbocycles. The van der Waals surface area contributed by atoms with Crippen LogP contribution < -0.4 is 4.80 Å². The van der Waals surface area contributed by atoms with Crippen molar-refractivity contribution in [3.05, 3.63) is 61.3 Å². The van der Waals surface area contributed by atoms with Gasteiger partial charge < -0.3 is 9.30 Å². The summed E-state index contributed by atoms with van der Waals surface area (Å²) in [5, 5.41) is 0.319. The highest BCUT2D eigenvalue weighted by Crippen LogP contribution is 2.24. The van der Waals surface area contributed by atoms with Gasteiger partial charge in [0.15, 0.2) is 4.80 Å². The number of carbonyl (C=O) groups is 2. The zero-order valence-electron chi connectivity index (χ0n) is 14.9. The molecule has 0 spiro atoms.